The number of allylic oxidation sites excluding steroid dienone is 1. The molecular formula is C23H32N2O4. The van der Waals surface area contributed by atoms with Gasteiger partial charge in [0.25, 0.3) is 0 Å². The van der Waals surface area contributed by atoms with Crippen LogP contribution in [0.15, 0.2) is 42.2 Å². The number of benzene rings is 1. The van der Waals surface area contributed by atoms with E-state index in [-0.39, 0.29) is 17.6 Å². The van der Waals surface area contributed by atoms with Gasteiger partial charge in [0.2, 0.25) is 5.91 Å². The lowest BCUT2D eigenvalue weighted by Gasteiger charge is -2.40. The van der Waals surface area contributed by atoms with Crippen molar-refractivity contribution in [3.8, 4) is 5.75 Å². The summed E-state index contributed by atoms with van der Waals surface area (Å²) in [7, 11) is 0. The van der Waals surface area contributed by atoms with Crippen LogP contribution in [0.4, 0.5) is 0 Å². The third kappa shape index (κ3) is 4.33. The second kappa shape index (κ2) is 8.59. The molecule has 2 unspecified atom stereocenters. The Hall–Kier alpha value is -2.31. The van der Waals surface area contributed by atoms with Gasteiger partial charge in [-0.05, 0) is 41.3 Å². The largest absolute Gasteiger partial charge is 0.508 e. The Morgan fingerprint density at radius 3 is 2.66 bits per heavy atom. The standard InChI is InChI=1S/C23H32N2O4/c1-15(2)23(8-7-19(26)12-21(23)27)22(28)25-13-17-5-6-20(11-18(17)14-25)29-10-9-24-16(3)4/h5-8,11-12,15-16,21,24,26-27H,9-10,13-14H2,1-4H3. The van der Waals surface area contributed by atoms with Gasteiger partial charge in [-0.3, -0.25) is 4.79 Å². The number of rotatable bonds is 7. The van der Waals surface area contributed by atoms with Gasteiger partial charge >= 0.3 is 0 Å². The maximum absolute atomic E-state index is 13.5. The molecule has 0 fully saturated rings. The van der Waals surface area contributed by atoms with E-state index < -0.39 is 11.5 Å². The zero-order chi connectivity index (χ0) is 21.2. The summed E-state index contributed by atoms with van der Waals surface area (Å²) in [6.45, 7) is 10.4. The number of carbonyl (C=O) groups excluding carboxylic acids is 1. The Kier molecular flexibility index (Phi) is 6.34. The average molecular weight is 401 g/mol. The Morgan fingerprint density at radius 1 is 1.28 bits per heavy atom. The summed E-state index contributed by atoms with van der Waals surface area (Å²) >= 11 is 0. The van der Waals surface area contributed by atoms with Crippen LogP contribution < -0.4 is 10.1 Å². The summed E-state index contributed by atoms with van der Waals surface area (Å²) in [6, 6.07) is 6.37. The van der Waals surface area contributed by atoms with Gasteiger partial charge in [-0.25, -0.2) is 0 Å². The minimum absolute atomic E-state index is 0.0139. The molecule has 0 bridgehead atoms. The molecule has 0 saturated heterocycles. The molecule has 6 heteroatoms. The van der Waals surface area contributed by atoms with Crippen LogP contribution in [0.3, 0.4) is 0 Å². The highest BCUT2D eigenvalue weighted by atomic mass is 16.5. The second-order valence-electron chi connectivity index (χ2n) is 8.51. The number of aliphatic hydroxyl groups excluding tert-OH is 2. The zero-order valence-electron chi connectivity index (χ0n) is 17.7. The number of nitrogens with one attached hydrogen (secondary N) is 1. The Labute approximate surface area is 172 Å². The van der Waals surface area contributed by atoms with E-state index in [1.54, 1.807) is 11.0 Å². The van der Waals surface area contributed by atoms with E-state index in [1.165, 1.54) is 12.2 Å². The van der Waals surface area contributed by atoms with Crippen molar-refractivity contribution in [3.05, 3.63) is 53.3 Å². The molecule has 1 amide bonds. The molecule has 2 aliphatic rings. The molecule has 0 spiro atoms. The monoisotopic (exact) mass is 400 g/mol. The van der Waals surface area contributed by atoms with Gasteiger partial charge in [0.05, 0.1) is 11.5 Å². The van der Waals surface area contributed by atoms with Crippen LogP contribution in [0.5, 0.6) is 5.75 Å². The van der Waals surface area contributed by atoms with Crippen molar-refractivity contribution in [1.82, 2.24) is 10.2 Å². The lowest BCUT2D eigenvalue weighted by molar-refractivity contribution is -0.147. The number of hydrogen-bond acceptors (Lipinski definition) is 5. The molecule has 1 aliphatic heterocycles. The van der Waals surface area contributed by atoms with Crippen molar-refractivity contribution in [2.45, 2.75) is 52.9 Å². The van der Waals surface area contributed by atoms with Crippen molar-refractivity contribution in [1.29, 1.82) is 0 Å². The summed E-state index contributed by atoms with van der Waals surface area (Å²) in [6.07, 6.45) is 3.44. The zero-order valence-corrected chi connectivity index (χ0v) is 17.7. The van der Waals surface area contributed by atoms with Crippen molar-refractivity contribution in [2.75, 3.05) is 13.2 Å². The Bertz CT molecular complexity index is 815. The van der Waals surface area contributed by atoms with E-state index in [4.69, 9.17) is 4.74 Å². The first-order valence-corrected chi connectivity index (χ1v) is 10.3. The second-order valence-corrected chi connectivity index (χ2v) is 8.51. The van der Waals surface area contributed by atoms with Crippen molar-refractivity contribution in [3.63, 3.8) is 0 Å². The van der Waals surface area contributed by atoms with Crippen LogP contribution in [0.1, 0.15) is 38.8 Å². The summed E-state index contributed by atoms with van der Waals surface area (Å²) in [5.74, 6) is 0.536. The smallest absolute Gasteiger partial charge is 0.236 e. The summed E-state index contributed by atoms with van der Waals surface area (Å²) < 4.78 is 5.83. The van der Waals surface area contributed by atoms with Gasteiger partial charge in [-0.1, -0.05) is 39.8 Å². The summed E-state index contributed by atoms with van der Waals surface area (Å²) in [5.41, 5.74) is 1.09. The van der Waals surface area contributed by atoms with Gasteiger partial charge < -0.3 is 25.2 Å². The fourth-order valence-electron chi connectivity index (χ4n) is 4.05. The number of carbonyl (C=O) groups is 1. The highest BCUT2D eigenvalue weighted by Gasteiger charge is 2.49. The molecule has 3 rings (SSSR count). The van der Waals surface area contributed by atoms with Crippen molar-refractivity contribution < 1.29 is 19.7 Å². The first kappa shape index (κ1) is 21.4. The molecule has 158 valence electrons. The molecule has 2 atom stereocenters. The summed E-state index contributed by atoms with van der Waals surface area (Å²) in [5, 5.41) is 23.7. The molecular weight excluding hydrogens is 368 g/mol. The van der Waals surface area contributed by atoms with Gasteiger partial charge in [0.15, 0.2) is 0 Å². The van der Waals surface area contributed by atoms with E-state index in [0.29, 0.717) is 25.7 Å². The summed E-state index contributed by atoms with van der Waals surface area (Å²) in [4.78, 5) is 15.2. The van der Waals surface area contributed by atoms with Gasteiger partial charge in [-0.2, -0.15) is 0 Å². The highest BCUT2D eigenvalue weighted by Crippen LogP contribution is 2.41. The van der Waals surface area contributed by atoms with Crippen LogP contribution in [0, 0.1) is 11.3 Å². The first-order valence-electron chi connectivity index (χ1n) is 10.3. The Balaban J connectivity index is 1.71. The van der Waals surface area contributed by atoms with Crippen LogP contribution in [0.2, 0.25) is 0 Å². The minimum Gasteiger partial charge on any atom is -0.508 e. The maximum atomic E-state index is 13.5. The van der Waals surface area contributed by atoms with Gasteiger partial charge in [-0.15, -0.1) is 0 Å². The molecule has 1 aliphatic carbocycles. The van der Waals surface area contributed by atoms with Crippen LogP contribution in [0.25, 0.3) is 0 Å². The van der Waals surface area contributed by atoms with Crippen LogP contribution in [-0.4, -0.2) is 46.3 Å². The third-order valence-electron chi connectivity index (χ3n) is 5.78. The Morgan fingerprint density at radius 2 is 2.00 bits per heavy atom. The van der Waals surface area contributed by atoms with E-state index >= 15 is 0 Å². The van der Waals surface area contributed by atoms with Crippen LogP contribution >= 0.6 is 0 Å². The molecule has 0 saturated carbocycles. The predicted molar refractivity (Wildman–Crippen MR) is 112 cm³/mol. The van der Waals surface area contributed by atoms with Crippen molar-refractivity contribution >= 4 is 5.91 Å². The molecule has 1 aromatic carbocycles. The molecule has 29 heavy (non-hydrogen) atoms. The number of fused-ring (bicyclic) bond motifs is 1. The first-order chi connectivity index (χ1) is 13.7. The van der Waals surface area contributed by atoms with Gasteiger partial charge in [0.1, 0.15) is 18.1 Å². The van der Waals surface area contributed by atoms with E-state index in [2.05, 4.69) is 19.2 Å². The molecule has 3 N–H and O–H groups in total. The molecule has 0 radical (unpaired) electrons. The molecule has 1 heterocycles. The van der Waals surface area contributed by atoms with Gasteiger partial charge in [0, 0.05) is 25.7 Å². The normalized spacial score (nSPS) is 23.5. The van der Waals surface area contributed by atoms with Crippen molar-refractivity contribution in [2.24, 2.45) is 11.3 Å². The lowest BCUT2D eigenvalue weighted by atomic mass is 9.69. The fourth-order valence-corrected chi connectivity index (χ4v) is 4.05. The van der Waals surface area contributed by atoms with E-state index in [0.717, 1.165) is 23.4 Å². The number of aliphatic hydroxyl groups is 2. The number of hydrogen-bond donors (Lipinski definition) is 3. The molecule has 1 aromatic rings. The number of amides is 1. The topological polar surface area (TPSA) is 82.0 Å². The van der Waals surface area contributed by atoms with E-state index in [1.807, 2.05) is 32.0 Å². The van der Waals surface area contributed by atoms with Crippen LogP contribution in [-0.2, 0) is 17.9 Å². The highest BCUT2D eigenvalue weighted by molar-refractivity contribution is 5.87. The molecule has 6 nitrogen and oxygen atoms in total. The number of ether oxygens (including phenoxy) is 1. The number of nitrogens with zero attached hydrogens (tertiary/aromatic N) is 1. The quantitative estimate of drug-likeness (QED) is 0.613. The third-order valence-corrected chi connectivity index (χ3v) is 5.78. The fraction of sp³-hybridized carbons (Fsp3) is 0.522. The SMILES string of the molecule is CC(C)NCCOc1ccc2c(c1)CN(C(=O)C1(C(C)C)C=CC(O)=CC1O)C2. The van der Waals surface area contributed by atoms with E-state index in [9.17, 15) is 15.0 Å². The predicted octanol–water partition coefficient (Wildman–Crippen LogP) is 2.92. The lowest BCUT2D eigenvalue weighted by Crippen LogP contribution is -2.51. The minimum atomic E-state index is -1.07. The average Bonchev–Trinajstić information content (AvgIpc) is 3.08. The maximum Gasteiger partial charge on any atom is 0.236 e. The molecule has 0 aromatic heterocycles.